The molecule has 3 aromatic carbocycles. The number of nitriles is 1. The van der Waals surface area contributed by atoms with E-state index in [0.717, 1.165) is 56.2 Å². The summed E-state index contributed by atoms with van der Waals surface area (Å²) in [5.74, 6) is 1.97. The first-order chi connectivity index (χ1) is 21.4. The normalized spacial score (nSPS) is 14.0. The summed E-state index contributed by atoms with van der Waals surface area (Å²) in [5, 5.41) is 14.7. The molecule has 44 heavy (non-hydrogen) atoms. The van der Waals surface area contributed by atoms with E-state index in [4.69, 9.17) is 37.1 Å². The molecule has 0 unspecified atom stereocenters. The van der Waals surface area contributed by atoms with Gasteiger partial charge >= 0.3 is 0 Å². The van der Waals surface area contributed by atoms with Crippen molar-refractivity contribution in [1.82, 2.24) is 14.8 Å². The van der Waals surface area contributed by atoms with Crippen LogP contribution >= 0.6 is 23.2 Å². The number of methoxy groups -OCH3 is 2. The number of aromatic nitrogens is 1. The molecule has 6 rings (SSSR count). The molecule has 1 aliphatic rings. The summed E-state index contributed by atoms with van der Waals surface area (Å²) in [5.41, 5.74) is 5.21. The van der Waals surface area contributed by atoms with E-state index >= 15 is 0 Å². The van der Waals surface area contributed by atoms with Crippen LogP contribution in [-0.4, -0.2) is 55.2 Å². The molecule has 0 atom stereocenters. The third kappa shape index (κ3) is 6.33. The summed E-state index contributed by atoms with van der Waals surface area (Å²) >= 11 is 12.7. The van der Waals surface area contributed by atoms with E-state index < -0.39 is 0 Å². The van der Waals surface area contributed by atoms with Crippen molar-refractivity contribution in [3.63, 3.8) is 0 Å². The number of nitrogens with one attached hydrogen (secondary N) is 1. The number of hydrogen-bond donors (Lipinski definition) is 1. The van der Waals surface area contributed by atoms with Crippen molar-refractivity contribution >= 4 is 45.5 Å². The average Bonchev–Trinajstić information content (AvgIpc) is 3.51. The third-order valence-corrected chi connectivity index (χ3v) is 8.48. The third-order valence-electron chi connectivity index (χ3n) is 7.87. The molecule has 10 heteroatoms. The van der Waals surface area contributed by atoms with Crippen molar-refractivity contribution in [2.45, 2.75) is 13.1 Å². The first kappa shape index (κ1) is 29.8. The Balaban J connectivity index is 1.23. The van der Waals surface area contributed by atoms with Crippen LogP contribution in [0.4, 0.5) is 11.4 Å². The van der Waals surface area contributed by atoms with Gasteiger partial charge in [-0.1, -0.05) is 53.5 Å². The van der Waals surface area contributed by atoms with E-state index in [1.807, 2.05) is 12.1 Å². The number of piperazine rings is 1. The molecule has 5 aromatic rings. The maximum Gasteiger partial charge on any atom is 0.139 e. The van der Waals surface area contributed by atoms with Crippen LogP contribution in [0, 0.1) is 11.3 Å². The number of anilines is 2. The molecule has 224 valence electrons. The Morgan fingerprint density at radius 3 is 2.34 bits per heavy atom. The topological polar surface area (TPSA) is 86.8 Å². The van der Waals surface area contributed by atoms with Crippen LogP contribution in [0.25, 0.3) is 22.0 Å². The van der Waals surface area contributed by atoms with E-state index in [0.29, 0.717) is 49.4 Å². The maximum absolute atomic E-state index is 9.89. The second-order valence-corrected chi connectivity index (χ2v) is 11.5. The number of fused-ring (bicyclic) bond motifs is 1. The fourth-order valence-corrected chi connectivity index (χ4v) is 6.03. The van der Waals surface area contributed by atoms with Crippen LogP contribution in [0.1, 0.15) is 16.9 Å². The van der Waals surface area contributed by atoms with Gasteiger partial charge in [0, 0.05) is 61.5 Å². The second kappa shape index (κ2) is 13.2. The van der Waals surface area contributed by atoms with Gasteiger partial charge in [-0.15, -0.1) is 0 Å². The predicted octanol–water partition coefficient (Wildman–Crippen LogP) is 7.75. The summed E-state index contributed by atoms with van der Waals surface area (Å²) in [7, 11) is 3.15. The standard InChI is InChI=1S/C34H31Cl2N5O3/c1-42-32-14-27-30(38-18-24(17-37)34(27)39-31-16-33(43-2)29(36)15-28(31)35)13-26(32)23-12-25(44-21-23)20-41-10-8-40(9-11-41)19-22-6-4-3-5-7-22/h3-7,12-16,18,21H,8-11,19-20H2,1-2H3,(H,38,39). The maximum atomic E-state index is 9.89. The predicted molar refractivity (Wildman–Crippen MR) is 174 cm³/mol. The van der Waals surface area contributed by atoms with Crippen molar-refractivity contribution in [3.05, 3.63) is 100 Å². The number of pyridine rings is 1. The van der Waals surface area contributed by atoms with Crippen LogP contribution in [0.15, 0.2) is 77.5 Å². The monoisotopic (exact) mass is 627 g/mol. The Kier molecular flexibility index (Phi) is 8.91. The minimum absolute atomic E-state index is 0.353. The molecule has 0 saturated carbocycles. The lowest BCUT2D eigenvalue weighted by atomic mass is 10.0. The lowest BCUT2D eigenvalue weighted by Gasteiger charge is -2.34. The molecule has 1 aliphatic heterocycles. The van der Waals surface area contributed by atoms with Crippen LogP contribution in [0.5, 0.6) is 11.5 Å². The number of nitrogens with zero attached hydrogens (tertiary/aromatic N) is 4. The van der Waals surface area contributed by atoms with E-state index in [1.54, 1.807) is 31.7 Å². The Bertz CT molecular complexity index is 1830. The van der Waals surface area contributed by atoms with Crippen molar-refractivity contribution < 1.29 is 13.9 Å². The fraction of sp³-hybridized carbons (Fsp3) is 0.235. The number of furan rings is 1. The fourth-order valence-electron chi connectivity index (χ4n) is 5.52. The first-order valence-corrected chi connectivity index (χ1v) is 15.0. The Morgan fingerprint density at radius 1 is 0.909 bits per heavy atom. The molecule has 3 heterocycles. The minimum atomic E-state index is 0.353. The lowest BCUT2D eigenvalue weighted by molar-refractivity contribution is 0.116. The van der Waals surface area contributed by atoms with Crippen molar-refractivity contribution in [2.75, 3.05) is 45.7 Å². The molecule has 0 amide bonds. The smallest absolute Gasteiger partial charge is 0.139 e. The van der Waals surface area contributed by atoms with E-state index in [9.17, 15) is 5.26 Å². The molecule has 1 saturated heterocycles. The van der Waals surface area contributed by atoms with Crippen molar-refractivity contribution in [1.29, 1.82) is 5.26 Å². The second-order valence-electron chi connectivity index (χ2n) is 10.7. The van der Waals surface area contributed by atoms with Gasteiger partial charge < -0.3 is 19.2 Å². The summed E-state index contributed by atoms with van der Waals surface area (Å²) < 4.78 is 17.2. The van der Waals surface area contributed by atoms with Gasteiger partial charge in [0.05, 0.1) is 59.5 Å². The van der Waals surface area contributed by atoms with Crippen molar-refractivity contribution in [2.24, 2.45) is 0 Å². The average molecular weight is 629 g/mol. The molecule has 0 bridgehead atoms. The zero-order chi connectivity index (χ0) is 30.6. The molecule has 2 aromatic heterocycles. The Labute approximate surface area is 266 Å². The van der Waals surface area contributed by atoms with E-state index in [1.165, 1.54) is 12.7 Å². The minimum Gasteiger partial charge on any atom is -0.496 e. The van der Waals surface area contributed by atoms with Gasteiger partial charge in [-0.3, -0.25) is 14.8 Å². The number of hydrogen-bond acceptors (Lipinski definition) is 8. The van der Waals surface area contributed by atoms with Gasteiger partial charge in [0.15, 0.2) is 0 Å². The summed E-state index contributed by atoms with van der Waals surface area (Å²) in [6.07, 6.45) is 3.30. The quantitative estimate of drug-likeness (QED) is 0.177. The molecule has 1 fully saturated rings. The zero-order valence-corrected chi connectivity index (χ0v) is 26.0. The molecule has 1 N–H and O–H groups in total. The van der Waals surface area contributed by atoms with E-state index in [2.05, 4.69) is 62.6 Å². The number of ether oxygens (including phenoxy) is 2. The largest absolute Gasteiger partial charge is 0.496 e. The van der Waals surface area contributed by atoms with Gasteiger partial charge in [-0.2, -0.15) is 5.26 Å². The van der Waals surface area contributed by atoms with Gasteiger partial charge in [0.2, 0.25) is 0 Å². The van der Waals surface area contributed by atoms with Crippen LogP contribution in [0.3, 0.4) is 0 Å². The Hall–Kier alpha value is -4.26. The number of halogens is 2. The molecule has 0 radical (unpaired) electrons. The highest BCUT2D eigenvalue weighted by atomic mass is 35.5. The molecule has 0 spiro atoms. The van der Waals surface area contributed by atoms with Gasteiger partial charge in [-0.25, -0.2) is 0 Å². The Morgan fingerprint density at radius 2 is 1.64 bits per heavy atom. The highest BCUT2D eigenvalue weighted by molar-refractivity contribution is 6.37. The first-order valence-electron chi connectivity index (χ1n) is 14.2. The summed E-state index contributed by atoms with van der Waals surface area (Å²) in [4.78, 5) is 9.49. The highest BCUT2D eigenvalue weighted by Crippen LogP contribution is 2.41. The van der Waals surface area contributed by atoms with Gasteiger partial charge in [-0.05, 0) is 29.8 Å². The van der Waals surface area contributed by atoms with E-state index in [-0.39, 0.29) is 0 Å². The van der Waals surface area contributed by atoms with Gasteiger partial charge in [0.1, 0.15) is 23.3 Å². The molecule has 8 nitrogen and oxygen atoms in total. The zero-order valence-electron chi connectivity index (χ0n) is 24.4. The van der Waals surface area contributed by atoms with Crippen molar-refractivity contribution in [3.8, 4) is 28.7 Å². The highest BCUT2D eigenvalue weighted by Gasteiger charge is 2.21. The number of benzene rings is 3. The molecular weight excluding hydrogens is 597 g/mol. The van der Waals surface area contributed by atoms with Crippen LogP contribution in [0.2, 0.25) is 10.0 Å². The van der Waals surface area contributed by atoms with Crippen LogP contribution < -0.4 is 14.8 Å². The molecule has 0 aliphatic carbocycles. The SMILES string of the molecule is COc1cc(Nc2c(C#N)cnc3cc(-c4coc(CN5CCN(Cc6ccccc6)CC5)c4)c(OC)cc23)c(Cl)cc1Cl. The number of rotatable bonds is 9. The summed E-state index contributed by atoms with van der Waals surface area (Å²) in [6.45, 7) is 5.70. The van der Waals surface area contributed by atoms with Gasteiger partial charge in [0.25, 0.3) is 0 Å². The lowest BCUT2D eigenvalue weighted by Crippen LogP contribution is -2.45. The molecular formula is C34H31Cl2N5O3. The summed E-state index contributed by atoms with van der Waals surface area (Å²) in [6, 6.07) is 22.0. The van der Waals surface area contributed by atoms with Crippen LogP contribution in [-0.2, 0) is 13.1 Å².